The lowest BCUT2D eigenvalue weighted by atomic mass is 9.95. The molecule has 144 valence electrons. The molecule has 3 rings (SSSR count). The molecule has 1 atom stereocenters. The Morgan fingerprint density at radius 3 is 2.50 bits per heavy atom. The molecule has 2 aliphatic heterocycles. The van der Waals surface area contributed by atoms with Crippen LogP contribution in [0, 0.1) is 17.8 Å². The number of piperidine rings is 1. The number of carbonyl (C=O) groups is 1. The second-order valence-electron chi connectivity index (χ2n) is 8.29. The van der Waals surface area contributed by atoms with E-state index in [2.05, 4.69) is 41.1 Å². The van der Waals surface area contributed by atoms with E-state index in [1.165, 1.54) is 5.69 Å². The SMILES string of the molecule is CC(C)CN1CCC(C(=O)NC[C@H]2CCN(c3ccc(Cl)cc3)C2)CC1. The van der Waals surface area contributed by atoms with Gasteiger partial charge in [-0.3, -0.25) is 4.79 Å². The van der Waals surface area contributed by atoms with Crippen LogP contribution in [0.5, 0.6) is 0 Å². The molecule has 0 aliphatic carbocycles. The zero-order chi connectivity index (χ0) is 18.5. The second kappa shape index (κ2) is 9.09. The average Bonchev–Trinajstić information content (AvgIpc) is 3.09. The predicted molar refractivity (Wildman–Crippen MR) is 109 cm³/mol. The smallest absolute Gasteiger partial charge is 0.223 e. The van der Waals surface area contributed by atoms with E-state index in [-0.39, 0.29) is 11.8 Å². The minimum absolute atomic E-state index is 0.201. The van der Waals surface area contributed by atoms with Gasteiger partial charge in [0, 0.05) is 42.8 Å². The molecule has 1 amide bonds. The molecule has 2 heterocycles. The van der Waals surface area contributed by atoms with Gasteiger partial charge >= 0.3 is 0 Å². The summed E-state index contributed by atoms with van der Waals surface area (Å²) in [6.45, 7) is 10.6. The van der Waals surface area contributed by atoms with E-state index in [9.17, 15) is 4.79 Å². The van der Waals surface area contributed by atoms with Gasteiger partial charge in [-0.25, -0.2) is 0 Å². The van der Waals surface area contributed by atoms with Crippen molar-refractivity contribution in [2.24, 2.45) is 17.8 Å². The molecule has 5 heteroatoms. The van der Waals surface area contributed by atoms with E-state index >= 15 is 0 Å². The average molecular weight is 378 g/mol. The summed E-state index contributed by atoms with van der Waals surface area (Å²) < 4.78 is 0. The zero-order valence-corrected chi connectivity index (χ0v) is 16.8. The van der Waals surface area contributed by atoms with Gasteiger partial charge in [-0.1, -0.05) is 25.4 Å². The van der Waals surface area contributed by atoms with Gasteiger partial charge in [-0.2, -0.15) is 0 Å². The highest BCUT2D eigenvalue weighted by atomic mass is 35.5. The Balaban J connectivity index is 1.38. The van der Waals surface area contributed by atoms with E-state index in [1.54, 1.807) is 0 Å². The highest BCUT2D eigenvalue weighted by Gasteiger charge is 2.27. The van der Waals surface area contributed by atoms with Crippen LogP contribution >= 0.6 is 11.6 Å². The molecule has 0 aromatic heterocycles. The maximum absolute atomic E-state index is 12.5. The zero-order valence-electron chi connectivity index (χ0n) is 16.1. The first-order valence-corrected chi connectivity index (χ1v) is 10.4. The molecule has 0 unspecified atom stereocenters. The number of benzene rings is 1. The van der Waals surface area contributed by atoms with E-state index in [0.717, 1.165) is 63.6 Å². The molecule has 26 heavy (non-hydrogen) atoms. The fourth-order valence-electron chi connectivity index (χ4n) is 4.17. The Kier molecular flexibility index (Phi) is 6.82. The quantitative estimate of drug-likeness (QED) is 0.821. The van der Waals surface area contributed by atoms with Gasteiger partial charge in [-0.15, -0.1) is 0 Å². The first kappa shape index (κ1) is 19.5. The van der Waals surface area contributed by atoms with Gasteiger partial charge in [-0.05, 0) is 68.5 Å². The van der Waals surface area contributed by atoms with Crippen molar-refractivity contribution in [2.75, 3.05) is 44.2 Å². The number of carbonyl (C=O) groups excluding carboxylic acids is 1. The minimum Gasteiger partial charge on any atom is -0.371 e. The monoisotopic (exact) mass is 377 g/mol. The molecule has 2 fully saturated rings. The van der Waals surface area contributed by atoms with E-state index < -0.39 is 0 Å². The first-order valence-electron chi connectivity index (χ1n) is 10.0. The molecule has 4 nitrogen and oxygen atoms in total. The normalized spacial score (nSPS) is 22.2. The van der Waals surface area contributed by atoms with Gasteiger partial charge < -0.3 is 15.1 Å². The van der Waals surface area contributed by atoms with Crippen LogP contribution in [0.3, 0.4) is 0 Å². The topological polar surface area (TPSA) is 35.6 Å². The molecule has 0 spiro atoms. The molecule has 2 aliphatic rings. The van der Waals surface area contributed by atoms with Gasteiger partial charge in [0.2, 0.25) is 5.91 Å². The van der Waals surface area contributed by atoms with Crippen LogP contribution in [0.4, 0.5) is 5.69 Å². The van der Waals surface area contributed by atoms with Crippen LogP contribution in [0.25, 0.3) is 0 Å². The van der Waals surface area contributed by atoms with Crippen molar-refractivity contribution >= 4 is 23.2 Å². The molecule has 1 N–H and O–H groups in total. The van der Waals surface area contributed by atoms with Crippen LogP contribution in [-0.2, 0) is 4.79 Å². The van der Waals surface area contributed by atoms with Crippen molar-refractivity contribution in [3.8, 4) is 0 Å². The summed E-state index contributed by atoms with van der Waals surface area (Å²) >= 11 is 5.97. The Morgan fingerprint density at radius 2 is 1.85 bits per heavy atom. The van der Waals surface area contributed by atoms with Gasteiger partial charge in [0.1, 0.15) is 0 Å². The maximum Gasteiger partial charge on any atom is 0.223 e. The first-order chi connectivity index (χ1) is 12.5. The van der Waals surface area contributed by atoms with Crippen LogP contribution in [0.2, 0.25) is 5.02 Å². The fourth-order valence-corrected chi connectivity index (χ4v) is 4.30. The van der Waals surface area contributed by atoms with Gasteiger partial charge in [0.25, 0.3) is 0 Å². The Morgan fingerprint density at radius 1 is 1.15 bits per heavy atom. The van der Waals surface area contributed by atoms with Crippen molar-refractivity contribution in [3.63, 3.8) is 0 Å². The van der Waals surface area contributed by atoms with Crippen LogP contribution < -0.4 is 10.2 Å². The molecular weight excluding hydrogens is 346 g/mol. The van der Waals surface area contributed by atoms with E-state index in [4.69, 9.17) is 11.6 Å². The molecule has 2 saturated heterocycles. The van der Waals surface area contributed by atoms with E-state index in [0.29, 0.717) is 11.8 Å². The number of nitrogens with zero attached hydrogens (tertiary/aromatic N) is 2. The molecule has 0 saturated carbocycles. The number of nitrogens with one attached hydrogen (secondary N) is 1. The summed E-state index contributed by atoms with van der Waals surface area (Å²) in [7, 11) is 0. The van der Waals surface area contributed by atoms with Crippen molar-refractivity contribution < 1.29 is 4.79 Å². The number of rotatable bonds is 6. The number of likely N-dealkylation sites (tertiary alicyclic amines) is 1. The maximum atomic E-state index is 12.5. The molecule has 0 bridgehead atoms. The van der Waals surface area contributed by atoms with Gasteiger partial charge in [0.15, 0.2) is 0 Å². The summed E-state index contributed by atoms with van der Waals surface area (Å²) in [5, 5.41) is 4.00. The predicted octanol–water partition coefficient (Wildman–Crippen LogP) is 3.65. The number of halogens is 1. The lowest BCUT2D eigenvalue weighted by Crippen LogP contribution is -2.42. The van der Waals surface area contributed by atoms with Crippen LogP contribution in [-0.4, -0.2) is 50.1 Å². The number of hydrogen-bond acceptors (Lipinski definition) is 3. The molecule has 1 aromatic rings. The van der Waals surface area contributed by atoms with E-state index in [1.807, 2.05) is 12.1 Å². The Hall–Kier alpha value is -1.26. The van der Waals surface area contributed by atoms with Crippen molar-refractivity contribution in [1.82, 2.24) is 10.2 Å². The summed E-state index contributed by atoms with van der Waals surface area (Å²) in [4.78, 5) is 17.4. The summed E-state index contributed by atoms with van der Waals surface area (Å²) in [5.41, 5.74) is 1.22. The van der Waals surface area contributed by atoms with Crippen molar-refractivity contribution in [1.29, 1.82) is 0 Å². The van der Waals surface area contributed by atoms with Crippen LogP contribution in [0.15, 0.2) is 24.3 Å². The Bertz CT molecular complexity index is 581. The van der Waals surface area contributed by atoms with Crippen LogP contribution in [0.1, 0.15) is 33.1 Å². The third-order valence-corrected chi connectivity index (χ3v) is 5.88. The number of anilines is 1. The van der Waals surface area contributed by atoms with Crippen molar-refractivity contribution in [2.45, 2.75) is 33.1 Å². The lowest BCUT2D eigenvalue weighted by molar-refractivity contribution is -0.126. The summed E-state index contributed by atoms with van der Waals surface area (Å²) in [6, 6.07) is 8.04. The fraction of sp³-hybridized carbons (Fsp3) is 0.667. The molecule has 0 radical (unpaired) electrons. The highest BCUT2D eigenvalue weighted by molar-refractivity contribution is 6.30. The molecule has 1 aromatic carbocycles. The number of hydrogen-bond donors (Lipinski definition) is 1. The third kappa shape index (κ3) is 5.37. The lowest BCUT2D eigenvalue weighted by Gasteiger charge is -2.32. The standard InChI is InChI=1S/C21H32ClN3O/c1-16(2)14-24-10-8-18(9-11-24)21(26)23-13-17-7-12-25(15-17)20-5-3-19(22)4-6-20/h3-6,16-18H,7-15H2,1-2H3,(H,23,26)/t17-/m1/s1. The summed E-state index contributed by atoms with van der Waals surface area (Å²) in [5.74, 6) is 1.70. The molecular formula is C21H32ClN3O. The number of amides is 1. The van der Waals surface area contributed by atoms with Crippen molar-refractivity contribution in [3.05, 3.63) is 29.3 Å². The largest absolute Gasteiger partial charge is 0.371 e. The Labute approximate surface area is 162 Å². The third-order valence-electron chi connectivity index (χ3n) is 5.62. The highest BCUT2D eigenvalue weighted by Crippen LogP contribution is 2.25. The summed E-state index contributed by atoms with van der Waals surface area (Å²) in [6.07, 6.45) is 3.13. The van der Waals surface area contributed by atoms with Gasteiger partial charge in [0.05, 0.1) is 0 Å². The minimum atomic E-state index is 0.201. The second-order valence-corrected chi connectivity index (χ2v) is 8.73.